The zero-order chi connectivity index (χ0) is 23.8. The Hall–Kier alpha value is -3.93. The molecule has 0 radical (unpaired) electrons. The van der Waals surface area contributed by atoms with E-state index in [4.69, 9.17) is 9.15 Å². The second-order valence-corrected chi connectivity index (χ2v) is 8.94. The first-order valence-electron chi connectivity index (χ1n) is 11.4. The topological polar surface area (TPSA) is 77.2 Å². The van der Waals surface area contributed by atoms with E-state index in [1.165, 1.54) is 5.56 Å². The molecule has 0 saturated carbocycles. The fourth-order valence-corrected chi connectivity index (χ4v) is 3.79. The first-order valence-corrected chi connectivity index (χ1v) is 11.4. The molecule has 4 aromatic rings. The third-order valence-electron chi connectivity index (χ3n) is 5.59. The van der Waals surface area contributed by atoms with Crippen molar-refractivity contribution in [1.82, 2.24) is 15.5 Å². The summed E-state index contributed by atoms with van der Waals surface area (Å²) in [5.41, 5.74) is 2.78. The molecule has 0 aliphatic carbocycles. The van der Waals surface area contributed by atoms with Crippen LogP contribution in [0.25, 0.3) is 0 Å². The Morgan fingerprint density at radius 3 is 2.03 bits per heavy atom. The summed E-state index contributed by atoms with van der Waals surface area (Å²) in [4.78, 5) is 12.6. The van der Waals surface area contributed by atoms with E-state index >= 15 is 0 Å². The van der Waals surface area contributed by atoms with Gasteiger partial charge in [0, 0.05) is 11.8 Å². The van der Waals surface area contributed by atoms with E-state index < -0.39 is 12.1 Å². The lowest BCUT2D eigenvalue weighted by molar-refractivity contribution is 0.133. The summed E-state index contributed by atoms with van der Waals surface area (Å²) in [6.07, 6.45) is 0.723. The molecule has 4 rings (SSSR count). The van der Waals surface area contributed by atoms with Gasteiger partial charge >= 0.3 is 6.09 Å². The molecule has 0 spiro atoms. The van der Waals surface area contributed by atoms with Crippen molar-refractivity contribution in [1.29, 1.82) is 0 Å². The van der Waals surface area contributed by atoms with Gasteiger partial charge in [-0.3, -0.25) is 0 Å². The van der Waals surface area contributed by atoms with Gasteiger partial charge in [0.1, 0.15) is 12.6 Å². The highest BCUT2D eigenvalue weighted by Gasteiger charge is 2.30. The summed E-state index contributed by atoms with van der Waals surface area (Å²) in [5.74, 6) is 0.889. The van der Waals surface area contributed by atoms with Gasteiger partial charge in [-0.15, -0.1) is 10.2 Å². The van der Waals surface area contributed by atoms with Crippen LogP contribution in [0.4, 0.5) is 4.79 Å². The van der Waals surface area contributed by atoms with Crippen molar-refractivity contribution < 1.29 is 13.9 Å². The fourth-order valence-electron chi connectivity index (χ4n) is 3.79. The average molecular weight is 456 g/mol. The highest BCUT2D eigenvalue weighted by Crippen LogP contribution is 2.28. The molecule has 174 valence electrons. The highest BCUT2D eigenvalue weighted by molar-refractivity contribution is 5.67. The number of rotatable bonds is 9. The van der Waals surface area contributed by atoms with Gasteiger partial charge in [-0.25, -0.2) is 4.79 Å². The maximum Gasteiger partial charge on any atom is 0.408 e. The number of amides is 1. The molecule has 0 aliphatic rings. The van der Waals surface area contributed by atoms with E-state index in [1.807, 2.05) is 78.9 Å². The van der Waals surface area contributed by atoms with Crippen LogP contribution >= 0.6 is 0 Å². The van der Waals surface area contributed by atoms with Crippen LogP contribution in [0.15, 0.2) is 95.4 Å². The van der Waals surface area contributed by atoms with Crippen LogP contribution in [0.2, 0.25) is 0 Å². The molecule has 1 aromatic heterocycles. The molecule has 1 N–H and O–H groups in total. The standard InChI is InChI=1S/C28H29N3O3/c1-28(2,19-22-14-8-4-9-15-22)26-31-30-25(34-26)24(18-21-12-6-3-7-13-21)29-27(32)33-20-23-16-10-5-11-17-23/h3-17,24H,18-20H2,1-2H3,(H,29,32)/t24-/m0/s1. The second kappa shape index (κ2) is 10.8. The van der Waals surface area contributed by atoms with E-state index in [1.54, 1.807) is 0 Å². The van der Waals surface area contributed by atoms with Gasteiger partial charge in [0.2, 0.25) is 11.8 Å². The average Bonchev–Trinajstić information content (AvgIpc) is 3.36. The molecule has 0 bridgehead atoms. The Balaban J connectivity index is 1.49. The minimum atomic E-state index is -0.534. The molecule has 0 fully saturated rings. The van der Waals surface area contributed by atoms with Crippen LogP contribution in [0.5, 0.6) is 0 Å². The van der Waals surface area contributed by atoms with E-state index in [9.17, 15) is 4.79 Å². The normalized spacial score (nSPS) is 12.2. The summed E-state index contributed by atoms with van der Waals surface area (Å²) in [6.45, 7) is 4.33. The van der Waals surface area contributed by atoms with Crippen LogP contribution in [0, 0.1) is 0 Å². The number of nitrogens with zero attached hydrogens (tertiary/aromatic N) is 2. The van der Waals surface area contributed by atoms with E-state index in [0.717, 1.165) is 17.5 Å². The van der Waals surface area contributed by atoms with Crippen molar-refractivity contribution in [3.05, 3.63) is 119 Å². The molecule has 1 atom stereocenters. The van der Waals surface area contributed by atoms with Crippen molar-refractivity contribution in [2.75, 3.05) is 0 Å². The molecular formula is C28H29N3O3. The van der Waals surface area contributed by atoms with Gasteiger partial charge in [0.15, 0.2) is 0 Å². The van der Waals surface area contributed by atoms with Gasteiger partial charge < -0.3 is 14.5 Å². The van der Waals surface area contributed by atoms with Crippen LogP contribution < -0.4 is 5.32 Å². The predicted octanol–water partition coefficient (Wildman–Crippen LogP) is 5.80. The van der Waals surface area contributed by atoms with E-state index in [0.29, 0.717) is 18.2 Å². The van der Waals surface area contributed by atoms with Crippen LogP contribution in [0.1, 0.15) is 48.4 Å². The number of alkyl carbamates (subject to hydrolysis) is 1. The van der Waals surface area contributed by atoms with Gasteiger partial charge in [-0.2, -0.15) is 0 Å². The molecule has 1 heterocycles. The van der Waals surface area contributed by atoms with Crippen molar-refractivity contribution in [2.45, 2.75) is 44.8 Å². The zero-order valence-electron chi connectivity index (χ0n) is 19.5. The molecule has 6 nitrogen and oxygen atoms in total. The molecule has 6 heteroatoms. The van der Waals surface area contributed by atoms with Gasteiger partial charge in [-0.05, 0) is 23.1 Å². The summed E-state index contributed by atoms with van der Waals surface area (Å²) < 4.78 is 11.6. The minimum Gasteiger partial charge on any atom is -0.445 e. The Labute approximate surface area is 200 Å². The molecule has 3 aromatic carbocycles. The zero-order valence-corrected chi connectivity index (χ0v) is 19.5. The van der Waals surface area contributed by atoms with Gasteiger partial charge in [-0.1, -0.05) is 105 Å². The number of ether oxygens (including phenoxy) is 1. The Bertz CT molecular complexity index is 1180. The lowest BCUT2D eigenvalue weighted by Gasteiger charge is -2.20. The summed E-state index contributed by atoms with van der Waals surface area (Å²) in [6, 6.07) is 29.1. The lowest BCUT2D eigenvalue weighted by atomic mass is 9.86. The molecule has 0 unspecified atom stereocenters. The maximum absolute atomic E-state index is 12.6. The summed E-state index contributed by atoms with van der Waals surface area (Å²) >= 11 is 0. The van der Waals surface area contributed by atoms with Crippen molar-refractivity contribution in [2.24, 2.45) is 0 Å². The van der Waals surface area contributed by atoms with Crippen LogP contribution in [-0.2, 0) is 29.6 Å². The number of carbonyl (C=O) groups is 1. The smallest absolute Gasteiger partial charge is 0.408 e. The third kappa shape index (κ3) is 6.32. The first kappa shape index (κ1) is 23.2. The summed E-state index contributed by atoms with van der Waals surface area (Å²) in [5, 5.41) is 11.6. The molecule has 0 saturated heterocycles. The number of aromatic nitrogens is 2. The Kier molecular flexibility index (Phi) is 7.38. The number of carbonyl (C=O) groups excluding carboxylic acids is 1. The minimum absolute atomic E-state index is 0.184. The van der Waals surface area contributed by atoms with E-state index in [-0.39, 0.29) is 12.0 Å². The third-order valence-corrected chi connectivity index (χ3v) is 5.59. The monoisotopic (exact) mass is 455 g/mol. The Morgan fingerprint density at radius 2 is 1.41 bits per heavy atom. The van der Waals surface area contributed by atoms with Crippen molar-refractivity contribution in [3.8, 4) is 0 Å². The number of benzene rings is 3. The second-order valence-electron chi connectivity index (χ2n) is 8.94. The lowest BCUT2D eigenvalue weighted by Crippen LogP contribution is -2.30. The van der Waals surface area contributed by atoms with Gasteiger partial charge in [0.25, 0.3) is 0 Å². The van der Waals surface area contributed by atoms with Crippen molar-refractivity contribution in [3.63, 3.8) is 0 Å². The summed E-state index contributed by atoms with van der Waals surface area (Å²) in [7, 11) is 0. The highest BCUT2D eigenvalue weighted by atomic mass is 16.5. The number of nitrogens with one attached hydrogen (secondary N) is 1. The van der Waals surface area contributed by atoms with Crippen LogP contribution in [-0.4, -0.2) is 16.3 Å². The molecular weight excluding hydrogens is 426 g/mol. The molecule has 1 amide bonds. The number of hydrogen-bond acceptors (Lipinski definition) is 5. The predicted molar refractivity (Wildman–Crippen MR) is 130 cm³/mol. The molecule has 34 heavy (non-hydrogen) atoms. The van der Waals surface area contributed by atoms with Crippen molar-refractivity contribution >= 4 is 6.09 Å². The van der Waals surface area contributed by atoms with E-state index in [2.05, 4.69) is 41.5 Å². The van der Waals surface area contributed by atoms with Gasteiger partial charge in [0.05, 0.1) is 0 Å². The Morgan fingerprint density at radius 1 is 0.853 bits per heavy atom. The SMILES string of the molecule is CC(C)(Cc1ccccc1)c1nnc([C@H](Cc2ccccc2)NC(=O)OCc2ccccc2)o1. The fraction of sp³-hybridized carbons (Fsp3) is 0.250. The molecule has 0 aliphatic heterocycles. The maximum atomic E-state index is 12.6. The largest absolute Gasteiger partial charge is 0.445 e. The quantitative estimate of drug-likeness (QED) is 0.345. The number of hydrogen-bond donors (Lipinski definition) is 1. The van der Waals surface area contributed by atoms with Crippen LogP contribution in [0.3, 0.4) is 0 Å². The first-order chi connectivity index (χ1) is 16.5.